The number of aromatic nitrogens is 1. The number of pyridine rings is 1. The van der Waals surface area contributed by atoms with Gasteiger partial charge in [-0.1, -0.05) is 78.9 Å². The van der Waals surface area contributed by atoms with Crippen LogP contribution in [0.5, 0.6) is 0 Å². The van der Waals surface area contributed by atoms with E-state index in [9.17, 15) is 8.42 Å². The molecule has 6 heteroatoms. The van der Waals surface area contributed by atoms with Gasteiger partial charge in [-0.3, -0.25) is 4.98 Å². The van der Waals surface area contributed by atoms with Gasteiger partial charge in [-0.2, -0.15) is 4.31 Å². The Morgan fingerprint density at radius 3 is 2.16 bits per heavy atom. The molecule has 0 saturated carbocycles. The number of nitrogens with zero attached hydrogens (tertiary/aromatic N) is 3. The van der Waals surface area contributed by atoms with Gasteiger partial charge in [0.1, 0.15) is 4.90 Å². The van der Waals surface area contributed by atoms with Crippen molar-refractivity contribution < 1.29 is 8.42 Å². The van der Waals surface area contributed by atoms with Crippen LogP contribution in [-0.4, -0.2) is 55.3 Å². The first-order valence-electron chi connectivity index (χ1n) is 13.3. The highest BCUT2D eigenvalue weighted by atomic mass is 32.2. The van der Waals surface area contributed by atoms with Crippen LogP contribution in [0, 0.1) is 5.92 Å². The van der Waals surface area contributed by atoms with Gasteiger partial charge in [0.15, 0.2) is 0 Å². The Labute approximate surface area is 219 Å². The largest absolute Gasteiger partial charge is 0.303 e. The second-order valence-corrected chi connectivity index (χ2v) is 12.3. The number of fused-ring (bicyclic) bond motifs is 1. The number of benzene rings is 3. The predicted octanol–water partition coefficient (Wildman–Crippen LogP) is 5.52. The summed E-state index contributed by atoms with van der Waals surface area (Å²) in [7, 11) is -3.67. The third-order valence-corrected chi connectivity index (χ3v) is 10.1. The van der Waals surface area contributed by atoms with E-state index in [4.69, 9.17) is 0 Å². The van der Waals surface area contributed by atoms with Crippen LogP contribution in [0.1, 0.15) is 35.8 Å². The molecule has 3 heterocycles. The van der Waals surface area contributed by atoms with E-state index in [1.54, 1.807) is 16.6 Å². The highest BCUT2D eigenvalue weighted by Crippen LogP contribution is 2.38. The SMILES string of the molecule is O=S(=O)(c1cccc2cccnc12)N1CC(CN2CCC(c3ccccc3)CC2)C(c2ccccc2)C1. The molecule has 0 N–H and O–H groups in total. The van der Waals surface area contributed by atoms with Crippen LogP contribution in [0.25, 0.3) is 10.9 Å². The molecule has 0 amide bonds. The van der Waals surface area contributed by atoms with Crippen LogP contribution in [0.3, 0.4) is 0 Å². The van der Waals surface area contributed by atoms with Gasteiger partial charge < -0.3 is 4.90 Å². The fourth-order valence-electron chi connectivity index (χ4n) is 6.22. The lowest BCUT2D eigenvalue weighted by Gasteiger charge is -2.35. The average molecular weight is 512 g/mol. The molecule has 0 bridgehead atoms. The first kappa shape index (κ1) is 24.3. The third kappa shape index (κ3) is 4.93. The molecule has 0 spiro atoms. The Morgan fingerprint density at radius 1 is 0.757 bits per heavy atom. The molecule has 2 saturated heterocycles. The zero-order valence-electron chi connectivity index (χ0n) is 21.0. The normalized spacial score (nSPS) is 21.9. The number of hydrogen-bond donors (Lipinski definition) is 0. The number of piperidine rings is 1. The van der Waals surface area contributed by atoms with Crippen molar-refractivity contribution in [2.75, 3.05) is 32.7 Å². The first-order chi connectivity index (χ1) is 18.1. The molecule has 0 radical (unpaired) electrons. The van der Waals surface area contributed by atoms with Crippen molar-refractivity contribution in [1.29, 1.82) is 0 Å². The third-order valence-electron chi connectivity index (χ3n) is 8.20. The molecule has 3 aromatic carbocycles. The molecule has 2 unspecified atom stereocenters. The number of para-hydroxylation sites is 1. The van der Waals surface area contributed by atoms with Gasteiger partial charge in [0, 0.05) is 37.1 Å². The van der Waals surface area contributed by atoms with Gasteiger partial charge in [0.25, 0.3) is 0 Å². The maximum absolute atomic E-state index is 13.9. The van der Waals surface area contributed by atoms with Crippen LogP contribution in [0.2, 0.25) is 0 Å². The molecular weight excluding hydrogens is 478 g/mol. The smallest absolute Gasteiger partial charge is 0.245 e. The topological polar surface area (TPSA) is 53.5 Å². The number of rotatable bonds is 6. The van der Waals surface area contributed by atoms with Gasteiger partial charge in [0.2, 0.25) is 10.0 Å². The minimum Gasteiger partial charge on any atom is -0.303 e. The lowest BCUT2D eigenvalue weighted by molar-refractivity contribution is 0.180. The Balaban J connectivity index is 1.23. The fourth-order valence-corrected chi connectivity index (χ4v) is 7.91. The Hall–Kier alpha value is -3.06. The summed E-state index contributed by atoms with van der Waals surface area (Å²) in [4.78, 5) is 7.29. The first-order valence-corrected chi connectivity index (χ1v) is 14.7. The molecule has 2 fully saturated rings. The summed E-state index contributed by atoms with van der Waals surface area (Å²) in [5, 5.41) is 0.847. The van der Waals surface area contributed by atoms with Gasteiger partial charge in [-0.15, -0.1) is 0 Å². The quantitative estimate of drug-likeness (QED) is 0.342. The molecular formula is C31H33N3O2S. The van der Waals surface area contributed by atoms with E-state index in [-0.39, 0.29) is 11.8 Å². The van der Waals surface area contributed by atoms with Gasteiger partial charge in [-0.05, 0) is 61.0 Å². The molecule has 0 aliphatic carbocycles. The summed E-state index contributed by atoms with van der Waals surface area (Å²) >= 11 is 0. The summed E-state index contributed by atoms with van der Waals surface area (Å²) in [6.45, 7) is 4.06. The molecule has 2 aliphatic heterocycles. The minimum absolute atomic E-state index is 0.172. The number of hydrogen-bond acceptors (Lipinski definition) is 4. The standard InChI is InChI=1S/C31H33N3O2S/c35-37(36,30-15-7-13-27-14-8-18-32-31(27)30)34-22-28(29(23-34)26-11-5-2-6-12-26)21-33-19-16-25(17-20-33)24-9-3-1-4-10-24/h1-15,18,25,28-29H,16-17,19-23H2. The van der Waals surface area contributed by atoms with Crippen molar-refractivity contribution >= 4 is 20.9 Å². The molecule has 1 aromatic heterocycles. The van der Waals surface area contributed by atoms with Crippen molar-refractivity contribution in [3.63, 3.8) is 0 Å². The predicted molar refractivity (Wildman–Crippen MR) is 148 cm³/mol. The van der Waals surface area contributed by atoms with Crippen molar-refractivity contribution in [3.8, 4) is 0 Å². The van der Waals surface area contributed by atoms with E-state index in [0.717, 1.165) is 37.9 Å². The Kier molecular flexibility index (Phi) is 6.80. The lowest BCUT2D eigenvalue weighted by Crippen LogP contribution is -2.38. The van der Waals surface area contributed by atoms with E-state index >= 15 is 0 Å². The zero-order chi connectivity index (χ0) is 25.2. The maximum atomic E-state index is 13.9. The zero-order valence-corrected chi connectivity index (χ0v) is 21.8. The summed E-state index contributed by atoms with van der Waals surface area (Å²) < 4.78 is 29.6. The highest BCUT2D eigenvalue weighted by Gasteiger charge is 2.41. The van der Waals surface area contributed by atoms with Gasteiger partial charge in [0.05, 0.1) is 5.52 Å². The Bertz CT molecular complexity index is 1450. The van der Waals surface area contributed by atoms with E-state index < -0.39 is 10.0 Å². The highest BCUT2D eigenvalue weighted by molar-refractivity contribution is 7.89. The van der Waals surface area contributed by atoms with Crippen molar-refractivity contribution in [2.45, 2.75) is 29.6 Å². The van der Waals surface area contributed by atoms with E-state index in [1.807, 2.05) is 30.3 Å². The van der Waals surface area contributed by atoms with Crippen LogP contribution >= 0.6 is 0 Å². The van der Waals surface area contributed by atoms with Crippen molar-refractivity contribution in [1.82, 2.24) is 14.2 Å². The Morgan fingerprint density at radius 2 is 1.43 bits per heavy atom. The van der Waals surface area contributed by atoms with Crippen LogP contribution < -0.4 is 0 Å². The van der Waals surface area contributed by atoms with E-state index in [0.29, 0.717) is 29.4 Å². The monoisotopic (exact) mass is 511 g/mol. The number of likely N-dealkylation sites (tertiary alicyclic amines) is 1. The molecule has 37 heavy (non-hydrogen) atoms. The lowest BCUT2D eigenvalue weighted by atomic mass is 9.86. The van der Waals surface area contributed by atoms with Crippen LogP contribution in [0.15, 0.2) is 102 Å². The van der Waals surface area contributed by atoms with Crippen LogP contribution in [0.4, 0.5) is 0 Å². The van der Waals surface area contributed by atoms with Gasteiger partial charge >= 0.3 is 0 Å². The van der Waals surface area contributed by atoms with E-state index in [2.05, 4.69) is 64.5 Å². The summed E-state index contributed by atoms with van der Waals surface area (Å²) in [5.74, 6) is 1.03. The second-order valence-electron chi connectivity index (χ2n) is 10.4. The van der Waals surface area contributed by atoms with Crippen molar-refractivity contribution in [3.05, 3.63) is 108 Å². The van der Waals surface area contributed by atoms with E-state index in [1.165, 1.54) is 11.1 Å². The fraction of sp³-hybridized carbons (Fsp3) is 0.323. The summed E-state index contributed by atoms with van der Waals surface area (Å²) in [6, 6.07) is 30.5. The summed E-state index contributed by atoms with van der Waals surface area (Å²) in [5.41, 5.74) is 3.21. The molecule has 5 nitrogen and oxygen atoms in total. The van der Waals surface area contributed by atoms with Gasteiger partial charge in [-0.25, -0.2) is 8.42 Å². The molecule has 2 aliphatic rings. The summed E-state index contributed by atoms with van der Waals surface area (Å²) in [6.07, 6.45) is 3.97. The second kappa shape index (κ2) is 10.4. The maximum Gasteiger partial charge on any atom is 0.245 e. The van der Waals surface area contributed by atoms with Crippen LogP contribution in [-0.2, 0) is 10.0 Å². The molecule has 4 aromatic rings. The minimum atomic E-state index is -3.67. The van der Waals surface area contributed by atoms with Crippen molar-refractivity contribution in [2.24, 2.45) is 5.92 Å². The molecule has 190 valence electrons. The number of sulfonamides is 1. The molecule has 6 rings (SSSR count). The molecule has 2 atom stereocenters. The average Bonchev–Trinajstić information content (AvgIpc) is 3.39.